The van der Waals surface area contributed by atoms with Gasteiger partial charge in [0.05, 0.1) is 0 Å². The highest BCUT2D eigenvalue weighted by atomic mass is 19.1. The summed E-state index contributed by atoms with van der Waals surface area (Å²) in [5.41, 5.74) is 0.408. The highest BCUT2D eigenvalue weighted by Gasteiger charge is 2.19. The number of benzene rings is 1. The summed E-state index contributed by atoms with van der Waals surface area (Å²) in [7, 11) is 1.76. The SMILES string of the molecule is CN(CC1CCCN1)C(=O)c1cccc(F)c1. The van der Waals surface area contributed by atoms with Crippen LogP contribution in [0.3, 0.4) is 0 Å². The Morgan fingerprint density at radius 1 is 1.59 bits per heavy atom. The molecule has 0 aliphatic carbocycles. The number of carbonyl (C=O) groups is 1. The number of amides is 1. The molecule has 4 heteroatoms. The Morgan fingerprint density at radius 3 is 3.06 bits per heavy atom. The Morgan fingerprint density at radius 2 is 2.41 bits per heavy atom. The first-order chi connectivity index (χ1) is 8.16. The Bertz CT molecular complexity index is 402. The van der Waals surface area contributed by atoms with Gasteiger partial charge in [-0.05, 0) is 37.6 Å². The maximum absolute atomic E-state index is 13.0. The predicted octanol–water partition coefficient (Wildman–Crippen LogP) is 1.65. The third-order valence-corrected chi connectivity index (χ3v) is 3.07. The molecule has 0 bridgehead atoms. The van der Waals surface area contributed by atoms with Gasteiger partial charge in [0.25, 0.3) is 5.91 Å². The summed E-state index contributed by atoms with van der Waals surface area (Å²) < 4.78 is 13.0. The van der Waals surface area contributed by atoms with Crippen molar-refractivity contribution >= 4 is 5.91 Å². The fourth-order valence-corrected chi connectivity index (χ4v) is 2.17. The van der Waals surface area contributed by atoms with E-state index in [1.807, 2.05) is 0 Å². The average molecular weight is 236 g/mol. The number of nitrogens with zero attached hydrogens (tertiary/aromatic N) is 1. The van der Waals surface area contributed by atoms with E-state index in [9.17, 15) is 9.18 Å². The molecule has 1 atom stereocenters. The van der Waals surface area contributed by atoms with Crippen LogP contribution in [-0.2, 0) is 0 Å². The molecule has 0 radical (unpaired) electrons. The Hall–Kier alpha value is -1.42. The second-order valence-electron chi connectivity index (χ2n) is 4.49. The van der Waals surface area contributed by atoms with Gasteiger partial charge in [0.2, 0.25) is 0 Å². The number of rotatable bonds is 3. The smallest absolute Gasteiger partial charge is 0.253 e. The Balaban J connectivity index is 1.98. The lowest BCUT2D eigenvalue weighted by Gasteiger charge is -2.21. The summed E-state index contributed by atoms with van der Waals surface area (Å²) in [5, 5.41) is 3.34. The van der Waals surface area contributed by atoms with Crippen LogP contribution in [0.5, 0.6) is 0 Å². The zero-order valence-corrected chi connectivity index (χ0v) is 9.95. The Labute approximate surface area is 101 Å². The highest BCUT2D eigenvalue weighted by molar-refractivity contribution is 5.94. The predicted molar refractivity (Wildman–Crippen MR) is 64.4 cm³/mol. The van der Waals surface area contributed by atoms with Gasteiger partial charge in [-0.2, -0.15) is 0 Å². The van der Waals surface area contributed by atoms with E-state index in [0.717, 1.165) is 19.4 Å². The van der Waals surface area contributed by atoms with Gasteiger partial charge in [0.1, 0.15) is 5.82 Å². The molecule has 1 aliphatic heterocycles. The van der Waals surface area contributed by atoms with Gasteiger partial charge < -0.3 is 10.2 Å². The lowest BCUT2D eigenvalue weighted by molar-refractivity contribution is 0.0783. The van der Waals surface area contributed by atoms with Gasteiger partial charge in [-0.25, -0.2) is 4.39 Å². The summed E-state index contributed by atoms with van der Waals surface area (Å²) in [6.07, 6.45) is 2.26. The summed E-state index contributed by atoms with van der Waals surface area (Å²) in [6.45, 7) is 1.70. The van der Waals surface area contributed by atoms with Crippen molar-refractivity contribution in [1.82, 2.24) is 10.2 Å². The molecule has 0 spiro atoms. The monoisotopic (exact) mass is 236 g/mol. The quantitative estimate of drug-likeness (QED) is 0.865. The first-order valence-corrected chi connectivity index (χ1v) is 5.91. The van der Waals surface area contributed by atoms with E-state index < -0.39 is 0 Å². The van der Waals surface area contributed by atoms with E-state index in [4.69, 9.17) is 0 Å². The summed E-state index contributed by atoms with van der Waals surface area (Å²) >= 11 is 0. The lowest BCUT2D eigenvalue weighted by atomic mass is 10.1. The number of halogens is 1. The minimum absolute atomic E-state index is 0.127. The molecule has 1 amide bonds. The van der Waals surface area contributed by atoms with Gasteiger partial charge in [-0.15, -0.1) is 0 Å². The minimum Gasteiger partial charge on any atom is -0.340 e. The molecule has 1 unspecified atom stereocenters. The number of carbonyl (C=O) groups excluding carboxylic acids is 1. The zero-order chi connectivity index (χ0) is 12.3. The molecular weight excluding hydrogens is 219 g/mol. The van der Waals surface area contributed by atoms with Crippen LogP contribution < -0.4 is 5.32 Å². The number of likely N-dealkylation sites (N-methyl/N-ethyl adjacent to an activating group) is 1. The van der Waals surface area contributed by atoms with Crippen LogP contribution in [-0.4, -0.2) is 37.0 Å². The summed E-state index contributed by atoms with van der Waals surface area (Å²) in [5.74, 6) is -0.499. The second-order valence-corrected chi connectivity index (χ2v) is 4.49. The van der Waals surface area contributed by atoms with E-state index in [1.54, 1.807) is 24.1 Å². The Kier molecular flexibility index (Phi) is 3.74. The molecule has 0 aromatic heterocycles. The first-order valence-electron chi connectivity index (χ1n) is 5.91. The van der Waals surface area contributed by atoms with E-state index in [1.165, 1.54) is 12.1 Å². The molecule has 1 aliphatic rings. The van der Waals surface area contributed by atoms with Crippen molar-refractivity contribution in [3.8, 4) is 0 Å². The lowest BCUT2D eigenvalue weighted by Crippen LogP contribution is -2.38. The second kappa shape index (κ2) is 5.27. The third-order valence-electron chi connectivity index (χ3n) is 3.07. The average Bonchev–Trinajstić information content (AvgIpc) is 2.80. The molecular formula is C13H17FN2O. The van der Waals surface area contributed by atoms with E-state index in [-0.39, 0.29) is 11.7 Å². The molecule has 0 saturated carbocycles. The highest BCUT2D eigenvalue weighted by Crippen LogP contribution is 2.10. The van der Waals surface area contributed by atoms with Gasteiger partial charge >= 0.3 is 0 Å². The fraction of sp³-hybridized carbons (Fsp3) is 0.462. The van der Waals surface area contributed by atoms with Crippen molar-refractivity contribution < 1.29 is 9.18 Å². The third kappa shape index (κ3) is 3.03. The van der Waals surface area contributed by atoms with Crippen LogP contribution in [0.2, 0.25) is 0 Å². The number of hydrogen-bond acceptors (Lipinski definition) is 2. The van der Waals surface area contributed by atoms with Crippen molar-refractivity contribution in [2.45, 2.75) is 18.9 Å². The molecule has 1 aromatic carbocycles. The topological polar surface area (TPSA) is 32.3 Å². The maximum atomic E-state index is 13.0. The fourth-order valence-electron chi connectivity index (χ4n) is 2.17. The van der Waals surface area contributed by atoms with Crippen LogP contribution in [0.15, 0.2) is 24.3 Å². The van der Waals surface area contributed by atoms with Crippen molar-refractivity contribution in [2.24, 2.45) is 0 Å². The molecule has 1 fully saturated rings. The normalized spacial score (nSPS) is 19.3. The van der Waals surface area contributed by atoms with E-state index in [2.05, 4.69) is 5.32 Å². The van der Waals surface area contributed by atoms with E-state index in [0.29, 0.717) is 18.2 Å². The zero-order valence-electron chi connectivity index (χ0n) is 9.95. The molecule has 17 heavy (non-hydrogen) atoms. The van der Waals surface area contributed by atoms with Crippen LogP contribution >= 0.6 is 0 Å². The van der Waals surface area contributed by atoms with Gasteiger partial charge in [0.15, 0.2) is 0 Å². The molecule has 92 valence electrons. The van der Waals surface area contributed by atoms with Crippen molar-refractivity contribution in [3.63, 3.8) is 0 Å². The van der Waals surface area contributed by atoms with Gasteiger partial charge in [-0.1, -0.05) is 6.07 Å². The van der Waals surface area contributed by atoms with Gasteiger partial charge in [-0.3, -0.25) is 4.79 Å². The molecule has 1 aromatic rings. The number of nitrogens with one attached hydrogen (secondary N) is 1. The maximum Gasteiger partial charge on any atom is 0.253 e. The van der Waals surface area contributed by atoms with Crippen molar-refractivity contribution in [3.05, 3.63) is 35.6 Å². The summed E-state index contributed by atoms with van der Waals surface area (Å²) in [6, 6.07) is 6.20. The van der Waals surface area contributed by atoms with Crippen LogP contribution in [0, 0.1) is 5.82 Å². The van der Waals surface area contributed by atoms with Crippen LogP contribution in [0.25, 0.3) is 0 Å². The summed E-state index contributed by atoms with van der Waals surface area (Å²) in [4.78, 5) is 13.7. The molecule has 1 heterocycles. The first kappa shape index (κ1) is 12.0. The number of hydrogen-bond donors (Lipinski definition) is 1. The molecule has 1 N–H and O–H groups in total. The van der Waals surface area contributed by atoms with Crippen LogP contribution in [0.4, 0.5) is 4.39 Å². The standard InChI is InChI=1S/C13H17FN2O/c1-16(9-12-6-3-7-15-12)13(17)10-4-2-5-11(14)8-10/h2,4-5,8,12,15H,3,6-7,9H2,1H3. The largest absolute Gasteiger partial charge is 0.340 e. The minimum atomic E-state index is -0.372. The molecule has 1 saturated heterocycles. The van der Waals surface area contributed by atoms with E-state index >= 15 is 0 Å². The van der Waals surface area contributed by atoms with Crippen molar-refractivity contribution in [2.75, 3.05) is 20.1 Å². The van der Waals surface area contributed by atoms with Gasteiger partial charge in [0, 0.05) is 25.2 Å². The molecule has 3 nitrogen and oxygen atoms in total. The van der Waals surface area contributed by atoms with Crippen LogP contribution in [0.1, 0.15) is 23.2 Å². The van der Waals surface area contributed by atoms with Crippen molar-refractivity contribution in [1.29, 1.82) is 0 Å². The molecule has 2 rings (SSSR count).